The molecular formula is C30H27F3N6O3S. The van der Waals surface area contributed by atoms with Crippen LogP contribution in [0.1, 0.15) is 36.5 Å². The largest absolute Gasteiger partial charge is 0.573 e. The Hall–Kier alpha value is -4.65. The number of urea groups is 1. The molecule has 9 nitrogen and oxygen atoms in total. The van der Waals surface area contributed by atoms with Gasteiger partial charge in [-0.05, 0) is 59.9 Å². The highest BCUT2D eigenvalue weighted by atomic mass is 32.2. The molecule has 0 aliphatic carbocycles. The van der Waals surface area contributed by atoms with E-state index in [0.29, 0.717) is 22.2 Å². The summed E-state index contributed by atoms with van der Waals surface area (Å²) in [5, 5.41) is 7.54. The van der Waals surface area contributed by atoms with Crippen LogP contribution in [0.2, 0.25) is 0 Å². The van der Waals surface area contributed by atoms with E-state index in [-0.39, 0.29) is 29.9 Å². The van der Waals surface area contributed by atoms with Gasteiger partial charge in [-0.3, -0.25) is 9.69 Å². The van der Waals surface area contributed by atoms with Crippen LogP contribution in [0.5, 0.6) is 5.75 Å². The summed E-state index contributed by atoms with van der Waals surface area (Å²) < 4.78 is 42.6. The molecule has 4 aromatic rings. The predicted molar refractivity (Wildman–Crippen MR) is 158 cm³/mol. The van der Waals surface area contributed by atoms with Gasteiger partial charge < -0.3 is 10.1 Å². The Kier molecular flexibility index (Phi) is 8.53. The van der Waals surface area contributed by atoms with E-state index in [1.165, 1.54) is 51.9 Å². The Labute approximate surface area is 249 Å². The number of halogens is 3. The molecule has 1 aliphatic heterocycles. The number of rotatable bonds is 7. The first-order valence-corrected chi connectivity index (χ1v) is 14.3. The maximum absolute atomic E-state index is 12.8. The molecule has 0 unspecified atom stereocenters. The fourth-order valence-corrected chi connectivity index (χ4v) is 5.41. The third-order valence-electron chi connectivity index (χ3n) is 6.53. The van der Waals surface area contributed by atoms with Crippen LogP contribution in [0.15, 0.2) is 78.0 Å². The minimum atomic E-state index is -4.77. The predicted octanol–water partition coefficient (Wildman–Crippen LogP) is 6.61. The highest BCUT2D eigenvalue weighted by molar-refractivity contribution is 8.15. The van der Waals surface area contributed by atoms with Gasteiger partial charge in [-0.15, -0.1) is 18.3 Å². The van der Waals surface area contributed by atoms with E-state index in [4.69, 9.17) is 0 Å². The molecule has 1 aromatic heterocycles. The Balaban J connectivity index is 1.27. The highest BCUT2D eigenvalue weighted by Gasteiger charge is 2.33. The van der Waals surface area contributed by atoms with E-state index in [2.05, 4.69) is 39.0 Å². The number of aliphatic imine (C=N–C) groups is 1. The number of para-hydroxylation sites is 1. The van der Waals surface area contributed by atoms with Crippen LogP contribution in [0.3, 0.4) is 0 Å². The van der Waals surface area contributed by atoms with E-state index in [0.717, 1.165) is 22.4 Å². The van der Waals surface area contributed by atoms with Crippen molar-refractivity contribution in [2.45, 2.75) is 39.6 Å². The molecule has 0 saturated carbocycles. The van der Waals surface area contributed by atoms with Crippen molar-refractivity contribution >= 4 is 34.6 Å². The van der Waals surface area contributed by atoms with Crippen molar-refractivity contribution in [2.75, 3.05) is 10.7 Å². The van der Waals surface area contributed by atoms with Gasteiger partial charge >= 0.3 is 12.4 Å². The van der Waals surface area contributed by atoms with E-state index in [9.17, 15) is 22.8 Å². The lowest BCUT2D eigenvalue weighted by molar-refractivity contribution is -0.274. The van der Waals surface area contributed by atoms with Gasteiger partial charge in [-0.25, -0.2) is 14.5 Å². The fourth-order valence-electron chi connectivity index (χ4n) is 4.56. The number of thioether (sulfide) groups is 1. The van der Waals surface area contributed by atoms with Gasteiger partial charge in [0.2, 0.25) is 5.91 Å². The zero-order chi connectivity index (χ0) is 30.7. The molecular weight excluding hydrogens is 581 g/mol. The van der Waals surface area contributed by atoms with Crippen molar-refractivity contribution in [3.05, 3.63) is 89.7 Å². The number of aromatic nitrogens is 3. The van der Waals surface area contributed by atoms with Gasteiger partial charge in [0.15, 0.2) is 11.0 Å². The second-order valence-corrected chi connectivity index (χ2v) is 10.9. The number of hydrogen-bond donors (Lipinski definition) is 1. The van der Waals surface area contributed by atoms with Crippen LogP contribution < -0.4 is 15.0 Å². The molecule has 0 radical (unpaired) electrons. The number of nitrogens with one attached hydrogen (secondary N) is 1. The number of nitrogens with zero attached hydrogens (tertiary/aromatic N) is 5. The monoisotopic (exact) mass is 608 g/mol. The Morgan fingerprint density at radius 1 is 1.12 bits per heavy atom. The second kappa shape index (κ2) is 12.3. The molecule has 1 aliphatic rings. The fraction of sp³-hybridized carbons (Fsp3) is 0.233. The maximum Gasteiger partial charge on any atom is 0.573 e. The number of amidine groups is 1. The third-order valence-corrected chi connectivity index (χ3v) is 7.46. The van der Waals surface area contributed by atoms with Gasteiger partial charge in [0.1, 0.15) is 12.1 Å². The number of anilines is 1. The molecule has 0 spiro atoms. The highest BCUT2D eigenvalue weighted by Crippen LogP contribution is 2.36. The quantitative estimate of drug-likeness (QED) is 0.253. The molecule has 5 rings (SSSR count). The average molecular weight is 609 g/mol. The van der Waals surface area contributed by atoms with Crippen molar-refractivity contribution in [1.29, 1.82) is 0 Å². The minimum Gasteiger partial charge on any atom is -0.406 e. The van der Waals surface area contributed by atoms with Crippen molar-refractivity contribution in [1.82, 2.24) is 20.1 Å². The van der Waals surface area contributed by atoms with E-state index >= 15 is 0 Å². The summed E-state index contributed by atoms with van der Waals surface area (Å²) in [7, 11) is 0. The number of alkyl halides is 3. The molecule has 1 saturated heterocycles. The standard InChI is InChI=1S/C30H27F3N6O3S/c1-18(2)24-9-4-6-19(3)26(24)39-25(40)16-43-29(39)36-28(41)34-15-20-7-5-8-21(14-20)27-35-17-38(37-27)22-10-12-23(13-11-22)42-30(31,32)33/h4-14,17-18H,15-16H2,1-3H3,(H,34,41). The number of hydrogen-bond acceptors (Lipinski definition) is 6. The van der Waals surface area contributed by atoms with Crippen LogP contribution in [-0.4, -0.2) is 44.0 Å². The molecule has 1 fully saturated rings. The summed E-state index contributed by atoms with van der Waals surface area (Å²) >= 11 is 1.23. The molecule has 1 N–H and O–H groups in total. The van der Waals surface area contributed by atoms with Crippen LogP contribution in [0, 0.1) is 6.92 Å². The first kappa shape index (κ1) is 29.8. The lowest BCUT2D eigenvalue weighted by atomic mass is 9.97. The summed E-state index contributed by atoms with van der Waals surface area (Å²) in [6.07, 6.45) is -3.32. The van der Waals surface area contributed by atoms with Gasteiger partial charge in [0, 0.05) is 12.1 Å². The van der Waals surface area contributed by atoms with Gasteiger partial charge in [-0.1, -0.05) is 62.0 Å². The number of ether oxygens (including phenoxy) is 1. The summed E-state index contributed by atoms with van der Waals surface area (Å²) in [6, 6.07) is 17.8. The summed E-state index contributed by atoms with van der Waals surface area (Å²) in [4.78, 5) is 35.7. The molecule has 0 atom stereocenters. The van der Waals surface area contributed by atoms with Gasteiger partial charge in [0.25, 0.3) is 0 Å². The normalized spacial score (nSPS) is 14.5. The second-order valence-electron chi connectivity index (χ2n) is 9.99. The molecule has 222 valence electrons. The molecule has 13 heteroatoms. The summed E-state index contributed by atoms with van der Waals surface area (Å²) in [6.45, 7) is 6.21. The van der Waals surface area contributed by atoms with Crippen LogP contribution in [-0.2, 0) is 11.3 Å². The van der Waals surface area contributed by atoms with Crippen LogP contribution in [0.4, 0.5) is 23.7 Å². The number of carbonyl (C=O) groups excluding carboxylic acids is 2. The molecule has 3 amide bonds. The number of carbonyl (C=O) groups is 2. The number of benzene rings is 3. The smallest absolute Gasteiger partial charge is 0.406 e. The lowest BCUT2D eigenvalue weighted by Gasteiger charge is -2.23. The Morgan fingerprint density at radius 3 is 2.58 bits per heavy atom. The first-order valence-electron chi connectivity index (χ1n) is 13.3. The average Bonchev–Trinajstić information content (AvgIpc) is 3.59. The molecule has 2 heterocycles. The Morgan fingerprint density at radius 2 is 1.86 bits per heavy atom. The van der Waals surface area contributed by atoms with E-state index in [1.54, 1.807) is 12.1 Å². The number of amides is 3. The van der Waals surface area contributed by atoms with Crippen molar-refractivity contribution in [3.63, 3.8) is 0 Å². The summed E-state index contributed by atoms with van der Waals surface area (Å²) in [5.41, 5.74) is 4.64. The lowest BCUT2D eigenvalue weighted by Crippen LogP contribution is -2.32. The van der Waals surface area contributed by atoms with E-state index < -0.39 is 12.4 Å². The maximum atomic E-state index is 12.8. The van der Waals surface area contributed by atoms with E-state index in [1.807, 2.05) is 37.3 Å². The minimum absolute atomic E-state index is 0.127. The van der Waals surface area contributed by atoms with Crippen molar-refractivity contribution in [3.8, 4) is 22.8 Å². The summed E-state index contributed by atoms with van der Waals surface area (Å²) in [5.74, 6) is 0.302. The van der Waals surface area contributed by atoms with Crippen LogP contribution in [0.25, 0.3) is 17.1 Å². The molecule has 0 bridgehead atoms. The molecule has 3 aromatic carbocycles. The topological polar surface area (TPSA) is 102 Å². The molecule has 43 heavy (non-hydrogen) atoms. The van der Waals surface area contributed by atoms with Gasteiger partial charge in [-0.2, -0.15) is 4.99 Å². The SMILES string of the molecule is Cc1cccc(C(C)C)c1N1C(=O)CSC1=NC(=O)NCc1cccc(-c2ncn(-c3ccc(OC(F)(F)F)cc3)n2)c1. The number of aryl methyl sites for hydroxylation is 1. The zero-order valence-corrected chi connectivity index (χ0v) is 24.2. The van der Waals surface area contributed by atoms with Gasteiger partial charge in [0.05, 0.1) is 17.1 Å². The van der Waals surface area contributed by atoms with Crippen molar-refractivity contribution < 1.29 is 27.5 Å². The Bertz CT molecular complexity index is 1690. The first-order chi connectivity index (χ1) is 20.5. The van der Waals surface area contributed by atoms with Crippen LogP contribution >= 0.6 is 11.8 Å². The van der Waals surface area contributed by atoms with Crippen molar-refractivity contribution in [2.24, 2.45) is 4.99 Å². The zero-order valence-electron chi connectivity index (χ0n) is 23.4. The third kappa shape index (κ3) is 7.05.